The Kier molecular flexibility index (Phi) is 4.80. The molecule has 0 atom stereocenters. The van der Waals surface area contributed by atoms with E-state index >= 15 is 0 Å². The Morgan fingerprint density at radius 3 is 2.56 bits per heavy atom. The fourth-order valence-electron chi connectivity index (χ4n) is 2.71. The zero-order valence-corrected chi connectivity index (χ0v) is 14.3. The topological polar surface area (TPSA) is 92.5 Å². The molecule has 1 aliphatic heterocycles. The molecular formula is C16H16ClN5O3. The molecule has 2 heterocycles. The fraction of sp³-hybridized carbons (Fsp3) is 0.312. The van der Waals surface area contributed by atoms with Crippen molar-refractivity contribution in [2.24, 2.45) is 0 Å². The first-order valence-corrected chi connectivity index (χ1v) is 8.10. The van der Waals surface area contributed by atoms with Crippen molar-refractivity contribution < 1.29 is 9.72 Å². The molecule has 0 aliphatic carbocycles. The van der Waals surface area contributed by atoms with E-state index in [0.29, 0.717) is 26.2 Å². The zero-order chi connectivity index (χ0) is 18.0. The van der Waals surface area contributed by atoms with Gasteiger partial charge in [0.1, 0.15) is 12.1 Å². The number of nitro benzene ring substituents is 1. The lowest BCUT2D eigenvalue weighted by molar-refractivity contribution is -0.384. The normalized spacial score (nSPS) is 14.5. The van der Waals surface area contributed by atoms with E-state index in [4.69, 9.17) is 11.6 Å². The van der Waals surface area contributed by atoms with E-state index in [1.807, 2.05) is 13.0 Å². The van der Waals surface area contributed by atoms with Crippen molar-refractivity contribution in [3.63, 3.8) is 0 Å². The summed E-state index contributed by atoms with van der Waals surface area (Å²) < 4.78 is 0. The van der Waals surface area contributed by atoms with Crippen LogP contribution in [0.4, 0.5) is 11.5 Å². The van der Waals surface area contributed by atoms with Gasteiger partial charge in [0.25, 0.3) is 11.6 Å². The summed E-state index contributed by atoms with van der Waals surface area (Å²) in [6.45, 7) is 4.11. The van der Waals surface area contributed by atoms with Crippen LogP contribution in [0.1, 0.15) is 16.1 Å². The molecule has 0 spiro atoms. The van der Waals surface area contributed by atoms with Gasteiger partial charge in [0, 0.05) is 50.1 Å². The molecule has 0 bridgehead atoms. The summed E-state index contributed by atoms with van der Waals surface area (Å²) >= 11 is 6.06. The summed E-state index contributed by atoms with van der Waals surface area (Å²) in [6, 6.07) is 5.79. The molecule has 0 saturated carbocycles. The number of carbonyl (C=O) groups excluding carboxylic acids is 1. The molecule has 1 saturated heterocycles. The highest BCUT2D eigenvalue weighted by molar-refractivity contribution is 6.33. The summed E-state index contributed by atoms with van der Waals surface area (Å²) in [4.78, 5) is 35.1. The Morgan fingerprint density at radius 1 is 1.20 bits per heavy atom. The van der Waals surface area contributed by atoms with E-state index in [9.17, 15) is 14.9 Å². The molecule has 25 heavy (non-hydrogen) atoms. The maximum absolute atomic E-state index is 12.7. The molecule has 3 rings (SSSR count). The van der Waals surface area contributed by atoms with Gasteiger partial charge >= 0.3 is 0 Å². The van der Waals surface area contributed by atoms with E-state index in [1.165, 1.54) is 24.5 Å². The van der Waals surface area contributed by atoms with Crippen LogP contribution in [0.25, 0.3) is 0 Å². The Hall–Kier alpha value is -2.74. The van der Waals surface area contributed by atoms with Gasteiger partial charge in [-0.2, -0.15) is 0 Å². The molecule has 1 amide bonds. The van der Waals surface area contributed by atoms with E-state index in [-0.39, 0.29) is 22.2 Å². The number of amides is 1. The highest BCUT2D eigenvalue weighted by Crippen LogP contribution is 2.24. The SMILES string of the molecule is Cc1cc(N2CCN(C(=O)c3cc([N+](=O)[O-])ccc3Cl)CC2)ncn1. The molecule has 2 aromatic rings. The van der Waals surface area contributed by atoms with Crippen LogP contribution in [0, 0.1) is 17.0 Å². The lowest BCUT2D eigenvalue weighted by Crippen LogP contribution is -2.49. The van der Waals surface area contributed by atoms with Crippen molar-refractivity contribution in [2.45, 2.75) is 6.92 Å². The monoisotopic (exact) mass is 361 g/mol. The molecule has 130 valence electrons. The highest BCUT2D eigenvalue weighted by Gasteiger charge is 2.25. The summed E-state index contributed by atoms with van der Waals surface area (Å²) in [5.41, 5.74) is 0.886. The molecule has 1 fully saturated rings. The molecule has 9 heteroatoms. The first-order chi connectivity index (χ1) is 12.0. The molecule has 8 nitrogen and oxygen atoms in total. The van der Waals surface area contributed by atoms with Gasteiger partial charge in [0.2, 0.25) is 0 Å². The van der Waals surface area contributed by atoms with Gasteiger partial charge in [-0.15, -0.1) is 0 Å². The summed E-state index contributed by atoms with van der Waals surface area (Å²) in [7, 11) is 0. The fourth-order valence-corrected chi connectivity index (χ4v) is 2.91. The van der Waals surface area contributed by atoms with Crippen LogP contribution in [-0.2, 0) is 0 Å². The van der Waals surface area contributed by atoms with Crippen molar-refractivity contribution in [3.05, 3.63) is 57.0 Å². The Labute approximate surface area is 149 Å². The second kappa shape index (κ2) is 7.02. The molecule has 1 aromatic carbocycles. The van der Waals surface area contributed by atoms with Crippen LogP contribution in [0.3, 0.4) is 0 Å². The minimum Gasteiger partial charge on any atom is -0.353 e. The van der Waals surface area contributed by atoms with E-state index in [1.54, 1.807) is 4.90 Å². The second-order valence-electron chi connectivity index (χ2n) is 5.72. The van der Waals surface area contributed by atoms with Crippen LogP contribution in [-0.4, -0.2) is 51.9 Å². The van der Waals surface area contributed by atoms with E-state index in [2.05, 4.69) is 14.9 Å². The van der Waals surface area contributed by atoms with Crippen molar-refractivity contribution in [2.75, 3.05) is 31.1 Å². The third kappa shape index (κ3) is 3.69. The number of rotatable bonds is 3. The molecule has 1 aliphatic rings. The van der Waals surface area contributed by atoms with Gasteiger partial charge in [-0.25, -0.2) is 9.97 Å². The summed E-state index contributed by atoms with van der Waals surface area (Å²) in [5.74, 6) is 0.528. The quantitative estimate of drug-likeness (QED) is 0.615. The highest BCUT2D eigenvalue weighted by atomic mass is 35.5. The average Bonchev–Trinajstić information content (AvgIpc) is 2.61. The van der Waals surface area contributed by atoms with Crippen LogP contribution < -0.4 is 4.90 Å². The smallest absolute Gasteiger partial charge is 0.270 e. The minimum atomic E-state index is -0.539. The number of hydrogen-bond acceptors (Lipinski definition) is 6. The third-order valence-corrected chi connectivity index (χ3v) is 4.40. The zero-order valence-electron chi connectivity index (χ0n) is 13.6. The van der Waals surface area contributed by atoms with Crippen molar-refractivity contribution in [3.8, 4) is 0 Å². The summed E-state index contributed by atoms with van der Waals surface area (Å²) in [5, 5.41) is 11.1. The minimum absolute atomic E-state index is 0.150. The number of aromatic nitrogens is 2. The van der Waals surface area contributed by atoms with E-state index < -0.39 is 4.92 Å². The Morgan fingerprint density at radius 2 is 1.92 bits per heavy atom. The first-order valence-electron chi connectivity index (χ1n) is 7.72. The predicted molar refractivity (Wildman–Crippen MR) is 93.0 cm³/mol. The third-order valence-electron chi connectivity index (χ3n) is 4.07. The van der Waals surface area contributed by atoms with Crippen LogP contribution in [0.5, 0.6) is 0 Å². The molecule has 0 unspecified atom stereocenters. The molecule has 0 radical (unpaired) electrons. The number of hydrogen-bond donors (Lipinski definition) is 0. The molecule has 1 aromatic heterocycles. The van der Waals surface area contributed by atoms with Gasteiger partial charge in [-0.1, -0.05) is 11.6 Å². The average molecular weight is 362 g/mol. The second-order valence-corrected chi connectivity index (χ2v) is 6.13. The number of halogens is 1. The Bertz CT molecular complexity index is 821. The van der Waals surface area contributed by atoms with Crippen LogP contribution >= 0.6 is 11.6 Å². The number of nitrogens with zero attached hydrogens (tertiary/aromatic N) is 5. The molecule has 0 N–H and O–H groups in total. The number of carbonyl (C=O) groups is 1. The number of benzene rings is 1. The maximum Gasteiger partial charge on any atom is 0.270 e. The first kappa shape index (κ1) is 17.1. The van der Waals surface area contributed by atoms with E-state index in [0.717, 1.165) is 11.5 Å². The Balaban J connectivity index is 1.72. The van der Waals surface area contributed by atoms with Gasteiger partial charge in [-0.05, 0) is 13.0 Å². The van der Waals surface area contributed by atoms with Gasteiger partial charge < -0.3 is 9.80 Å². The maximum atomic E-state index is 12.7. The lowest BCUT2D eigenvalue weighted by atomic mass is 10.1. The lowest BCUT2D eigenvalue weighted by Gasteiger charge is -2.35. The van der Waals surface area contributed by atoms with Gasteiger partial charge in [-0.3, -0.25) is 14.9 Å². The van der Waals surface area contributed by atoms with Crippen molar-refractivity contribution >= 4 is 29.0 Å². The van der Waals surface area contributed by atoms with Crippen LogP contribution in [0.15, 0.2) is 30.6 Å². The molecular weight excluding hydrogens is 346 g/mol. The number of anilines is 1. The van der Waals surface area contributed by atoms with Gasteiger partial charge in [0.05, 0.1) is 15.5 Å². The number of aryl methyl sites for hydroxylation is 1. The van der Waals surface area contributed by atoms with Crippen molar-refractivity contribution in [1.29, 1.82) is 0 Å². The standard InChI is InChI=1S/C16H16ClN5O3/c1-11-8-15(19-10-18-11)20-4-6-21(7-5-20)16(23)13-9-12(22(24)25)2-3-14(13)17/h2-3,8-10H,4-7H2,1H3. The van der Waals surface area contributed by atoms with Crippen LogP contribution in [0.2, 0.25) is 5.02 Å². The van der Waals surface area contributed by atoms with Gasteiger partial charge in [0.15, 0.2) is 0 Å². The largest absolute Gasteiger partial charge is 0.353 e. The summed E-state index contributed by atoms with van der Waals surface area (Å²) in [6.07, 6.45) is 1.52. The number of piperazine rings is 1. The predicted octanol–water partition coefficient (Wildman–Crippen LogP) is 2.31. The number of nitro groups is 1. The number of non-ortho nitro benzene ring substituents is 1. The van der Waals surface area contributed by atoms with Crippen molar-refractivity contribution in [1.82, 2.24) is 14.9 Å².